The molecule has 1 atom stereocenters. The van der Waals surface area contributed by atoms with Gasteiger partial charge in [0.1, 0.15) is 18.5 Å². The molecular weight excluding hydrogens is 393 g/mol. The summed E-state index contributed by atoms with van der Waals surface area (Å²) in [6.45, 7) is 4.37. The van der Waals surface area contributed by atoms with Gasteiger partial charge in [-0.2, -0.15) is 0 Å². The third-order valence-electron chi connectivity index (χ3n) is 3.32. The van der Waals surface area contributed by atoms with Crippen molar-refractivity contribution in [2.45, 2.75) is 25.9 Å². The van der Waals surface area contributed by atoms with E-state index in [1.165, 1.54) is 12.8 Å². The van der Waals surface area contributed by atoms with Crippen molar-refractivity contribution >= 4 is 28.6 Å². The van der Waals surface area contributed by atoms with E-state index in [1.807, 2.05) is 31.2 Å². The fourth-order valence-corrected chi connectivity index (χ4v) is 2.24. The number of guanidine groups is 1. The molecule has 0 aromatic heterocycles. The molecule has 0 spiro atoms. The molecule has 3 N–H and O–H groups in total. The lowest BCUT2D eigenvalue weighted by Crippen LogP contribution is -2.39. The van der Waals surface area contributed by atoms with E-state index in [4.69, 9.17) is 4.74 Å². The Labute approximate surface area is 145 Å². The molecule has 2 rings (SSSR count). The van der Waals surface area contributed by atoms with Gasteiger partial charge in [-0.3, -0.25) is 4.99 Å². The highest BCUT2D eigenvalue weighted by Crippen LogP contribution is 2.27. The molecule has 5 nitrogen and oxygen atoms in total. The van der Waals surface area contributed by atoms with Crippen LogP contribution in [-0.2, 0) is 0 Å². The van der Waals surface area contributed by atoms with Gasteiger partial charge >= 0.3 is 0 Å². The minimum absolute atomic E-state index is 0.242. The molecule has 1 aromatic carbocycles. The standard InChI is InChI=1S/C16H24IN3O2/c1-2-18-16(19-9-12-3-4-12)20-10-14(21)11-22-15-7-5-13(17)6-8-15/h5-8,12,14,21H,2-4,9-11H2,1H3,(H2,18,19,20). The lowest BCUT2D eigenvalue weighted by molar-refractivity contribution is 0.114. The molecule has 1 aliphatic rings. The van der Waals surface area contributed by atoms with Gasteiger partial charge in [0.05, 0.1) is 6.54 Å². The Hall–Kier alpha value is -1.02. The van der Waals surface area contributed by atoms with E-state index < -0.39 is 6.10 Å². The van der Waals surface area contributed by atoms with Gasteiger partial charge in [0.25, 0.3) is 0 Å². The van der Waals surface area contributed by atoms with Crippen LogP contribution in [0.2, 0.25) is 0 Å². The molecule has 1 aliphatic carbocycles. The van der Waals surface area contributed by atoms with E-state index in [1.54, 1.807) is 0 Å². The van der Waals surface area contributed by atoms with Crippen molar-refractivity contribution in [3.8, 4) is 5.75 Å². The number of benzene rings is 1. The molecule has 1 saturated carbocycles. The highest BCUT2D eigenvalue weighted by atomic mass is 127. The van der Waals surface area contributed by atoms with Gasteiger partial charge in [-0.25, -0.2) is 0 Å². The number of ether oxygens (including phenoxy) is 1. The van der Waals surface area contributed by atoms with Crippen LogP contribution in [0.15, 0.2) is 29.3 Å². The number of nitrogens with zero attached hydrogens (tertiary/aromatic N) is 1. The van der Waals surface area contributed by atoms with Gasteiger partial charge in [0.15, 0.2) is 5.96 Å². The van der Waals surface area contributed by atoms with Crippen molar-refractivity contribution in [2.24, 2.45) is 10.9 Å². The van der Waals surface area contributed by atoms with Gasteiger partial charge in [-0.15, -0.1) is 0 Å². The van der Waals surface area contributed by atoms with E-state index in [9.17, 15) is 5.11 Å². The Morgan fingerprint density at radius 2 is 2.09 bits per heavy atom. The SMILES string of the molecule is CCNC(=NCC(O)COc1ccc(I)cc1)NCC1CC1. The number of nitrogens with one attached hydrogen (secondary N) is 2. The summed E-state index contributed by atoms with van der Waals surface area (Å²) in [6.07, 6.45) is 1.99. The average molecular weight is 417 g/mol. The van der Waals surface area contributed by atoms with Crippen LogP contribution in [0, 0.1) is 9.49 Å². The van der Waals surface area contributed by atoms with Gasteiger partial charge in [-0.05, 0) is 72.5 Å². The van der Waals surface area contributed by atoms with Crippen LogP contribution in [0.5, 0.6) is 5.75 Å². The van der Waals surface area contributed by atoms with Crippen LogP contribution in [0.25, 0.3) is 0 Å². The van der Waals surface area contributed by atoms with Crippen LogP contribution < -0.4 is 15.4 Å². The van der Waals surface area contributed by atoms with Crippen molar-refractivity contribution in [1.29, 1.82) is 0 Å². The molecule has 122 valence electrons. The Balaban J connectivity index is 1.72. The predicted molar refractivity (Wildman–Crippen MR) is 97.4 cm³/mol. The molecule has 1 fully saturated rings. The molecule has 0 radical (unpaired) electrons. The zero-order valence-corrected chi connectivity index (χ0v) is 15.0. The van der Waals surface area contributed by atoms with E-state index in [0.717, 1.165) is 34.3 Å². The number of rotatable bonds is 8. The fraction of sp³-hybridized carbons (Fsp3) is 0.562. The first-order chi connectivity index (χ1) is 10.7. The third-order valence-corrected chi connectivity index (χ3v) is 4.03. The summed E-state index contributed by atoms with van der Waals surface area (Å²) in [6, 6.07) is 7.76. The van der Waals surface area contributed by atoms with Crippen molar-refractivity contribution in [3.05, 3.63) is 27.8 Å². The summed E-state index contributed by atoms with van der Waals surface area (Å²) in [4.78, 5) is 4.40. The summed E-state index contributed by atoms with van der Waals surface area (Å²) in [5, 5.41) is 16.5. The number of halogens is 1. The van der Waals surface area contributed by atoms with Gasteiger partial charge in [-0.1, -0.05) is 0 Å². The maximum atomic E-state index is 9.98. The quantitative estimate of drug-likeness (QED) is 0.344. The predicted octanol–water partition coefficient (Wildman–Crippen LogP) is 2.00. The van der Waals surface area contributed by atoms with Crippen molar-refractivity contribution in [2.75, 3.05) is 26.2 Å². The van der Waals surface area contributed by atoms with Crippen LogP contribution in [0.1, 0.15) is 19.8 Å². The first-order valence-electron chi connectivity index (χ1n) is 7.76. The van der Waals surface area contributed by atoms with E-state index in [2.05, 4.69) is 38.2 Å². The van der Waals surface area contributed by atoms with Crippen LogP contribution >= 0.6 is 22.6 Å². The first-order valence-corrected chi connectivity index (χ1v) is 8.84. The molecule has 22 heavy (non-hydrogen) atoms. The highest BCUT2D eigenvalue weighted by molar-refractivity contribution is 14.1. The van der Waals surface area contributed by atoms with E-state index in [0.29, 0.717) is 6.54 Å². The molecule has 6 heteroatoms. The monoisotopic (exact) mass is 417 g/mol. The molecule has 0 amide bonds. The number of hydrogen-bond acceptors (Lipinski definition) is 3. The van der Waals surface area contributed by atoms with Gasteiger partial charge in [0, 0.05) is 16.7 Å². The first kappa shape index (κ1) is 17.3. The number of hydrogen-bond donors (Lipinski definition) is 3. The highest BCUT2D eigenvalue weighted by Gasteiger charge is 2.21. The summed E-state index contributed by atoms with van der Waals surface area (Å²) < 4.78 is 6.72. The Morgan fingerprint density at radius 3 is 2.73 bits per heavy atom. The van der Waals surface area contributed by atoms with Crippen LogP contribution in [0.4, 0.5) is 0 Å². The molecule has 0 bridgehead atoms. The maximum Gasteiger partial charge on any atom is 0.191 e. The topological polar surface area (TPSA) is 65.9 Å². The summed E-state index contributed by atoms with van der Waals surface area (Å²) in [5.74, 6) is 2.32. The van der Waals surface area contributed by atoms with Crippen LogP contribution in [-0.4, -0.2) is 43.4 Å². The lowest BCUT2D eigenvalue weighted by Gasteiger charge is -2.13. The van der Waals surface area contributed by atoms with Crippen LogP contribution in [0.3, 0.4) is 0 Å². The second-order valence-electron chi connectivity index (χ2n) is 5.46. The minimum atomic E-state index is -0.615. The molecule has 1 unspecified atom stereocenters. The van der Waals surface area contributed by atoms with Crippen molar-refractivity contribution < 1.29 is 9.84 Å². The number of aliphatic hydroxyl groups excluding tert-OH is 1. The Morgan fingerprint density at radius 1 is 1.36 bits per heavy atom. The second kappa shape index (κ2) is 9.19. The van der Waals surface area contributed by atoms with Gasteiger partial charge in [0.2, 0.25) is 0 Å². The smallest absolute Gasteiger partial charge is 0.191 e. The van der Waals surface area contributed by atoms with Crippen molar-refractivity contribution in [3.63, 3.8) is 0 Å². The summed E-state index contributed by atoms with van der Waals surface area (Å²) >= 11 is 2.25. The van der Waals surface area contributed by atoms with Gasteiger partial charge < -0.3 is 20.5 Å². The largest absolute Gasteiger partial charge is 0.491 e. The molecular formula is C16H24IN3O2. The zero-order chi connectivity index (χ0) is 15.8. The summed E-state index contributed by atoms with van der Waals surface area (Å²) in [7, 11) is 0. The normalized spacial score (nSPS) is 16.2. The number of aliphatic hydroxyl groups is 1. The zero-order valence-electron chi connectivity index (χ0n) is 12.9. The average Bonchev–Trinajstić information content (AvgIpc) is 3.34. The third kappa shape index (κ3) is 6.83. The molecule has 0 heterocycles. The van der Waals surface area contributed by atoms with Crippen molar-refractivity contribution in [1.82, 2.24) is 10.6 Å². The number of aliphatic imine (C=N–C) groups is 1. The Kier molecular flexibility index (Phi) is 7.24. The molecule has 0 aliphatic heterocycles. The van der Waals surface area contributed by atoms with E-state index in [-0.39, 0.29) is 6.61 Å². The lowest BCUT2D eigenvalue weighted by atomic mass is 10.3. The molecule has 0 saturated heterocycles. The summed E-state index contributed by atoms with van der Waals surface area (Å²) in [5.41, 5.74) is 0. The minimum Gasteiger partial charge on any atom is -0.491 e. The van der Waals surface area contributed by atoms with E-state index >= 15 is 0 Å². The second-order valence-corrected chi connectivity index (χ2v) is 6.71. The maximum absolute atomic E-state index is 9.98. The Bertz CT molecular complexity index is 475. The molecule has 1 aromatic rings. The fourth-order valence-electron chi connectivity index (χ4n) is 1.88.